The number of benzene rings is 1. The third-order valence-corrected chi connectivity index (χ3v) is 6.19. The number of aromatic nitrogens is 2. The molecular formula is C16H16N4O2S2. The van der Waals surface area contributed by atoms with Crippen molar-refractivity contribution in [2.75, 3.05) is 10.0 Å². The van der Waals surface area contributed by atoms with E-state index in [4.69, 9.17) is 0 Å². The molecule has 2 aromatic heterocycles. The van der Waals surface area contributed by atoms with E-state index in [-0.39, 0.29) is 10.0 Å². The molecule has 0 saturated carbocycles. The van der Waals surface area contributed by atoms with Gasteiger partial charge in [0.05, 0.1) is 0 Å². The topological polar surface area (TPSA) is 84.0 Å². The second kappa shape index (κ2) is 6.58. The van der Waals surface area contributed by atoms with Crippen molar-refractivity contribution in [3.8, 4) is 0 Å². The van der Waals surface area contributed by atoms with Gasteiger partial charge in [0, 0.05) is 5.69 Å². The number of thiophene rings is 1. The van der Waals surface area contributed by atoms with E-state index in [1.807, 2.05) is 32.0 Å². The maximum absolute atomic E-state index is 12.1. The molecule has 1 aromatic carbocycles. The number of rotatable bonds is 5. The van der Waals surface area contributed by atoms with Gasteiger partial charge in [-0.2, -0.15) is 0 Å². The first-order valence-corrected chi connectivity index (χ1v) is 9.55. The number of aryl methyl sites for hydroxylation is 2. The number of anilines is 3. The molecule has 0 unspecified atom stereocenters. The summed E-state index contributed by atoms with van der Waals surface area (Å²) in [4.78, 5) is 0. The van der Waals surface area contributed by atoms with Crippen molar-refractivity contribution >= 4 is 38.7 Å². The van der Waals surface area contributed by atoms with E-state index in [1.54, 1.807) is 23.6 Å². The van der Waals surface area contributed by atoms with E-state index in [1.165, 1.54) is 17.2 Å². The van der Waals surface area contributed by atoms with Crippen LogP contribution in [0.15, 0.2) is 52.1 Å². The smallest absolute Gasteiger partial charge is 0.272 e. The van der Waals surface area contributed by atoms with Crippen LogP contribution in [0, 0.1) is 13.8 Å². The van der Waals surface area contributed by atoms with Crippen LogP contribution in [-0.4, -0.2) is 18.6 Å². The summed E-state index contributed by atoms with van der Waals surface area (Å²) in [5.74, 6) is 0.714. The highest BCUT2D eigenvalue weighted by Gasteiger charge is 2.15. The average Bonchev–Trinajstić information content (AvgIpc) is 3.08. The van der Waals surface area contributed by atoms with E-state index in [2.05, 4.69) is 20.2 Å². The minimum absolute atomic E-state index is 0.175. The highest BCUT2D eigenvalue weighted by molar-refractivity contribution is 7.94. The fourth-order valence-electron chi connectivity index (χ4n) is 2.02. The molecule has 0 amide bonds. The standard InChI is InChI=1S/C16H16N4O2S2/c1-11-5-6-13(10-12(11)2)17-14-7-8-15(19-18-14)20-24(21,22)16-4-3-9-23-16/h3-10H,1-2H3,(H,17,18)(H,19,20). The number of hydrogen-bond donors (Lipinski definition) is 2. The molecule has 24 heavy (non-hydrogen) atoms. The Morgan fingerprint density at radius 1 is 0.958 bits per heavy atom. The van der Waals surface area contributed by atoms with Crippen LogP contribution < -0.4 is 10.0 Å². The van der Waals surface area contributed by atoms with E-state index in [0.29, 0.717) is 5.82 Å². The van der Waals surface area contributed by atoms with E-state index < -0.39 is 10.0 Å². The highest BCUT2D eigenvalue weighted by Crippen LogP contribution is 2.21. The second-order valence-corrected chi connectivity index (χ2v) is 8.12. The van der Waals surface area contributed by atoms with Crippen molar-refractivity contribution in [1.29, 1.82) is 0 Å². The molecule has 0 aliphatic rings. The summed E-state index contributed by atoms with van der Waals surface area (Å²) < 4.78 is 26.9. The third-order valence-electron chi connectivity index (χ3n) is 3.44. The number of hydrogen-bond acceptors (Lipinski definition) is 6. The van der Waals surface area contributed by atoms with Crippen molar-refractivity contribution in [3.63, 3.8) is 0 Å². The Morgan fingerprint density at radius 2 is 1.71 bits per heavy atom. The number of sulfonamides is 1. The molecule has 0 aliphatic heterocycles. The van der Waals surface area contributed by atoms with Gasteiger partial charge >= 0.3 is 0 Å². The van der Waals surface area contributed by atoms with Crippen molar-refractivity contribution < 1.29 is 8.42 Å². The molecule has 8 heteroatoms. The van der Waals surface area contributed by atoms with Gasteiger partial charge in [0.1, 0.15) is 4.21 Å². The molecule has 0 atom stereocenters. The molecule has 0 fully saturated rings. The van der Waals surface area contributed by atoms with Crippen LogP contribution >= 0.6 is 11.3 Å². The molecule has 6 nitrogen and oxygen atoms in total. The van der Waals surface area contributed by atoms with Crippen LogP contribution in [-0.2, 0) is 10.0 Å². The van der Waals surface area contributed by atoms with E-state index >= 15 is 0 Å². The summed E-state index contributed by atoms with van der Waals surface area (Å²) >= 11 is 1.15. The minimum Gasteiger partial charge on any atom is -0.339 e. The zero-order chi connectivity index (χ0) is 17.2. The van der Waals surface area contributed by atoms with Gasteiger partial charge in [-0.15, -0.1) is 21.5 Å². The van der Waals surface area contributed by atoms with Crippen LogP contribution in [0.3, 0.4) is 0 Å². The summed E-state index contributed by atoms with van der Waals surface area (Å²) in [6.45, 7) is 4.09. The number of nitrogens with zero attached hydrogens (tertiary/aromatic N) is 2. The van der Waals surface area contributed by atoms with Gasteiger partial charge in [-0.05, 0) is 60.7 Å². The van der Waals surface area contributed by atoms with Gasteiger partial charge < -0.3 is 5.32 Å². The van der Waals surface area contributed by atoms with Crippen molar-refractivity contribution in [2.45, 2.75) is 18.1 Å². The number of nitrogens with one attached hydrogen (secondary N) is 2. The van der Waals surface area contributed by atoms with Crippen LogP contribution in [0.25, 0.3) is 0 Å². The molecular weight excluding hydrogens is 344 g/mol. The first-order valence-electron chi connectivity index (χ1n) is 7.18. The first-order chi connectivity index (χ1) is 11.4. The zero-order valence-electron chi connectivity index (χ0n) is 13.1. The lowest BCUT2D eigenvalue weighted by Crippen LogP contribution is -2.13. The zero-order valence-corrected chi connectivity index (χ0v) is 14.8. The van der Waals surface area contributed by atoms with Crippen LogP contribution in [0.1, 0.15) is 11.1 Å². The van der Waals surface area contributed by atoms with Gasteiger partial charge in [0.2, 0.25) is 0 Å². The molecule has 0 bridgehead atoms. The van der Waals surface area contributed by atoms with Gasteiger partial charge in [0.25, 0.3) is 10.0 Å². The fraction of sp³-hybridized carbons (Fsp3) is 0.125. The minimum atomic E-state index is -3.61. The summed E-state index contributed by atoms with van der Waals surface area (Å²) in [5, 5.41) is 12.8. The Kier molecular flexibility index (Phi) is 4.50. The highest BCUT2D eigenvalue weighted by atomic mass is 32.2. The van der Waals surface area contributed by atoms with Crippen LogP contribution in [0.5, 0.6) is 0 Å². The monoisotopic (exact) mass is 360 g/mol. The van der Waals surface area contributed by atoms with Crippen molar-refractivity contribution in [2.24, 2.45) is 0 Å². The Hall–Kier alpha value is -2.45. The Labute approximate surface area is 144 Å². The fourth-order valence-corrected chi connectivity index (χ4v) is 4.01. The van der Waals surface area contributed by atoms with Gasteiger partial charge in [-0.3, -0.25) is 4.72 Å². The Morgan fingerprint density at radius 3 is 2.33 bits per heavy atom. The first kappa shape index (κ1) is 16.4. The van der Waals surface area contributed by atoms with E-state index in [0.717, 1.165) is 17.0 Å². The second-order valence-electron chi connectivity index (χ2n) is 5.27. The van der Waals surface area contributed by atoms with Crippen molar-refractivity contribution in [3.05, 3.63) is 59.0 Å². The van der Waals surface area contributed by atoms with Crippen molar-refractivity contribution in [1.82, 2.24) is 10.2 Å². The molecule has 0 spiro atoms. The molecule has 3 rings (SSSR count). The van der Waals surface area contributed by atoms with Crippen LogP contribution in [0.2, 0.25) is 0 Å². The maximum Gasteiger partial charge on any atom is 0.272 e. The molecule has 124 valence electrons. The molecule has 0 aliphatic carbocycles. The van der Waals surface area contributed by atoms with Gasteiger partial charge in [-0.25, -0.2) is 8.42 Å². The summed E-state index contributed by atoms with van der Waals surface area (Å²) in [7, 11) is -3.61. The third kappa shape index (κ3) is 3.72. The summed E-state index contributed by atoms with van der Waals surface area (Å²) in [5.41, 5.74) is 3.29. The molecule has 3 aromatic rings. The van der Waals surface area contributed by atoms with E-state index in [9.17, 15) is 8.42 Å². The Balaban J connectivity index is 1.72. The lowest BCUT2D eigenvalue weighted by Gasteiger charge is -2.08. The SMILES string of the molecule is Cc1ccc(Nc2ccc(NS(=O)(=O)c3cccs3)nn2)cc1C. The lowest BCUT2D eigenvalue weighted by molar-refractivity contribution is 0.603. The normalized spacial score (nSPS) is 11.2. The summed E-state index contributed by atoms with van der Waals surface area (Å²) in [6, 6.07) is 12.5. The maximum atomic E-state index is 12.1. The summed E-state index contributed by atoms with van der Waals surface area (Å²) in [6.07, 6.45) is 0. The van der Waals surface area contributed by atoms with Gasteiger partial charge in [-0.1, -0.05) is 12.1 Å². The molecule has 0 saturated heterocycles. The quantitative estimate of drug-likeness (QED) is 0.725. The van der Waals surface area contributed by atoms with Gasteiger partial charge in [0.15, 0.2) is 11.6 Å². The average molecular weight is 360 g/mol. The Bertz CT molecular complexity index is 937. The largest absolute Gasteiger partial charge is 0.339 e. The molecule has 2 N–H and O–H groups in total. The molecule has 0 radical (unpaired) electrons. The predicted molar refractivity (Wildman–Crippen MR) is 96.4 cm³/mol. The predicted octanol–water partition coefficient (Wildman–Crippen LogP) is 3.70. The lowest BCUT2D eigenvalue weighted by atomic mass is 10.1. The van der Waals surface area contributed by atoms with Crippen LogP contribution in [0.4, 0.5) is 17.3 Å². The molecule has 2 heterocycles.